The van der Waals surface area contributed by atoms with E-state index in [0.29, 0.717) is 11.4 Å². The van der Waals surface area contributed by atoms with Gasteiger partial charge in [-0.15, -0.1) is 11.3 Å². The minimum atomic E-state index is -0.243. The number of aromatic nitrogens is 1. The van der Waals surface area contributed by atoms with E-state index >= 15 is 0 Å². The van der Waals surface area contributed by atoms with Crippen molar-refractivity contribution >= 4 is 34.4 Å². The molecular weight excluding hydrogens is 373 g/mol. The molecule has 6 heteroatoms. The molecule has 0 fully saturated rings. The van der Waals surface area contributed by atoms with Gasteiger partial charge in [0.25, 0.3) is 5.91 Å². The number of para-hydroxylation sites is 1. The number of amides is 1. The topological polar surface area (TPSA) is 46.4 Å². The Hall–Kier alpha value is -3.25. The summed E-state index contributed by atoms with van der Waals surface area (Å²) in [5.41, 5.74) is 6.64. The Kier molecular flexibility index (Phi) is 5.04. The van der Waals surface area contributed by atoms with Crippen molar-refractivity contribution in [2.45, 2.75) is 13.5 Å². The van der Waals surface area contributed by atoms with Gasteiger partial charge in [0, 0.05) is 28.7 Å². The molecule has 0 aliphatic rings. The van der Waals surface area contributed by atoms with Crippen molar-refractivity contribution in [3.05, 3.63) is 93.6 Å². The Morgan fingerprint density at radius 2 is 1.93 bits per heavy atom. The number of fused-ring (bicyclic) bond motifs is 1. The molecule has 2 aromatic carbocycles. The zero-order valence-corrected chi connectivity index (χ0v) is 16.0. The summed E-state index contributed by atoms with van der Waals surface area (Å²) in [6, 6.07) is 18.2. The van der Waals surface area contributed by atoms with Gasteiger partial charge in [-0.2, -0.15) is 5.10 Å². The molecular formula is C22H18FN3OS. The lowest BCUT2D eigenvalue weighted by molar-refractivity contribution is 0.0959. The highest BCUT2D eigenvalue weighted by molar-refractivity contribution is 7.12. The van der Waals surface area contributed by atoms with Crippen molar-refractivity contribution in [3.63, 3.8) is 0 Å². The third-order valence-corrected chi connectivity index (χ3v) is 5.51. The van der Waals surface area contributed by atoms with Crippen LogP contribution in [0.2, 0.25) is 0 Å². The van der Waals surface area contributed by atoms with Gasteiger partial charge < -0.3 is 4.57 Å². The van der Waals surface area contributed by atoms with Gasteiger partial charge in [-0.1, -0.05) is 36.4 Å². The molecule has 4 rings (SSSR count). The highest BCUT2D eigenvalue weighted by atomic mass is 32.1. The zero-order chi connectivity index (χ0) is 19.5. The summed E-state index contributed by atoms with van der Waals surface area (Å²) < 4.78 is 15.4. The fourth-order valence-electron chi connectivity index (χ4n) is 3.22. The normalized spacial score (nSPS) is 11.4. The van der Waals surface area contributed by atoms with Gasteiger partial charge in [-0.25, -0.2) is 9.82 Å². The number of hydrogen-bond donors (Lipinski definition) is 1. The smallest absolute Gasteiger partial charge is 0.281 e. The second-order valence-corrected chi connectivity index (χ2v) is 7.35. The number of hydrazone groups is 1. The van der Waals surface area contributed by atoms with Crippen molar-refractivity contribution in [2.24, 2.45) is 5.10 Å². The summed E-state index contributed by atoms with van der Waals surface area (Å²) >= 11 is 1.37. The monoisotopic (exact) mass is 391 g/mol. The van der Waals surface area contributed by atoms with Gasteiger partial charge in [0.05, 0.1) is 11.1 Å². The third-order valence-electron chi connectivity index (χ3n) is 4.64. The summed E-state index contributed by atoms with van der Waals surface area (Å²) in [5, 5.41) is 7.06. The molecule has 0 radical (unpaired) electrons. The molecule has 0 aliphatic heterocycles. The Labute approximate surface area is 165 Å². The molecule has 0 aliphatic carbocycles. The summed E-state index contributed by atoms with van der Waals surface area (Å²) in [6.45, 7) is 2.65. The molecule has 0 spiro atoms. The largest absolute Gasteiger partial charge is 0.340 e. The van der Waals surface area contributed by atoms with Crippen molar-refractivity contribution < 1.29 is 9.18 Å². The average molecular weight is 391 g/mol. The van der Waals surface area contributed by atoms with Gasteiger partial charge in [0.15, 0.2) is 0 Å². The van der Waals surface area contributed by atoms with Crippen LogP contribution in [0.15, 0.2) is 71.1 Å². The quantitative estimate of drug-likeness (QED) is 0.379. The van der Waals surface area contributed by atoms with Gasteiger partial charge in [0.1, 0.15) is 5.82 Å². The minimum Gasteiger partial charge on any atom is -0.340 e. The van der Waals surface area contributed by atoms with Crippen LogP contribution in [0, 0.1) is 12.7 Å². The molecule has 4 aromatic rings. The van der Waals surface area contributed by atoms with E-state index in [0.717, 1.165) is 27.7 Å². The Balaban J connectivity index is 1.65. The molecule has 0 atom stereocenters. The van der Waals surface area contributed by atoms with Crippen LogP contribution in [0.5, 0.6) is 0 Å². The van der Waals surface area contributed by atoms with E-state index in [4.69, 9.17) is 0 Å². The Bertz CT molecular complexity index is 1140. The maximum absolute atomic E-state index is 13.2. The number of hydrogen-bond acceptors (Lipinski definition) is 3. The van der Waals surface area contributed by atoms with Crippen LogP contribution in [0.3, 0.4) is 0 Å². The summed E-state index contributed by atoms with van der Waals surface area (Å²) in [5.74, 6) is -0.467. The third kappa shape index (κ3) is 3.59. The van der Waals surface area contributed by atoms with Crippen LogP contribution in [0.25, 0.3) is 10.9 Å². The van der Waals surface area contributed by atoms with E-state index in [2.05, 4.69) is 15.1 Å². The van der Waals surface area contributed by atoms with E-state index in [-0.39, 0.29) is 11.7 Å². The van der Waals surface area contributed by atoms with Gasteiger partial charge in [0.2, 0.25) is 0 Å². The Morgan fingerprint density at radius 1 is 1.14 bits per heavy atom. The van der Waals surface area contributed by atoms with Gasteiger partial charge >= 0.3 is 0 Å². The first-order valence-corrected chi connectivity index (χ1v) is 9.70. The molecule has 4 nitrogen and oxygen atoms in total. The number of carbonyl (C=O) groups excluding carboxylic acids is 1. The predicted octanol–water partition coefficient (Wildman–Crippen LogP) is 4.96. The van der Waals surface area contributed by atoms with Gasteiger partial charge in [-0.05, 0) is 42.1 Å². The first-order valence-electron chi connectivity index (χ1n) is 8.82. The van der Waals surface area contributed by atoms with Crippen LogP contribution in [0.4, 0.5) is 4.39 Å². The summed E-state index contributed by atoms with van der Waals surface area (Å²) in [7, 11) is 0. The first-order chi connectivity index (χ1) is 13.6. The molecule has 0 saturated carbocycles. The molecule has 1 N–H and O–H groups in total. The number of halogens is 1. The molecule has 28 heavy (non-hydrogen) atoms. The van der Waals surface area contributed by atoms with Crippen LogP contribution in [-0.2, 0) is 6.54 Å². The second kappa shape index (κ2) is 7.78. The van der Waals surface area contributed by atoms with Crippen LogP contribution < -0.4 is 5.43 Å². The fraction of sp³-hybridized carbons (Fsp3) is 0.0909. The Morgan fingerprint density at radius 3 is 2.68 bits per heavy atom. The van der Waals surface area contributed by atoms with E-state index < -0.39 is 0 Å². The van der Waals surface area contributed by atoms with Gasteiger partial charge in [-0.3, -0.25) is 4.79 Å². The molecule has 0 saturated heterocycles. The second-order valence-electron chi connectivity index (χ2n) is 6.41. The number of carbonyl (C=O) groups is 1. The number of nitrogens with zero attached hydrogens (tertiary/aromatic N) is 2. The number of benzene rings is 2. The van der Waals surface area contributed by atoms with Crippen molar-refractivity contribution in [2.75, 3.05) is 0 Å². The lowest BCUT2D eigenvalue weighted by Crippen LogP contribution is -2.16. The SMILES string of the molecule is Cc1c(/C=N\NC(=O)c2cccs2)c2ccccc2n1Cc1ccc(F)cc1. The predicted molar refractivity (Wildman–Crippen MR) is 112 cm³/mol. The number of rotatable bonds is 5. The van der Waals surface area contributed by atoms with Crippen molar-refractivity contribution in [1.29, 1.82) is 0 Å². The molecule has 2 heterocycles. The lowest BCUT2D eigenvalue weighted by Gasteiger charge is -2.08. The van der Waals surface area contributed by atoms with Crippen LogP contribution >= 0.6 is 11.3 Å². The number of thiophene rings is 1. The van der Waals surface area contributed by atoms with E-state index in [1.165, 1.54) is 23.5 Å². The molecule has 2 aromatic heterocycles. The number of nitrogens with one attached hydrogen (secondary N) is 1. The minimum absolute atomic E-state index is 0.223. The average Bonchev–Trinajstić information content (AvgIpc) is 3.33. The first kappa shape index (κ1) is 18.1. The zero-order valence-electron chi connectivity index (χ0n) is 15.2. The maximum Gasteiger partial charge on any atom is 0.281 e. The summed E-state index contributed by atoms with van der Waals surface area (Å²) in [6.07, 6.45) is 1.68. The summed E-state index contributed by atoms with van der Waals surface area (Å²) in [4.78, 5) is 12.7. The fourth-order valence-corrected chi connectivity index (χ4v) is 3.83. The standard InChI is InChI=1S/C22H18FN3OS/c1-15-19(13-24-25-22(27)21-7-4-12-28-21)18-5-2-3-6-20(18)26(15)14-16-8-10-17(23)11-9-16/h2-13H,14H2,1H3,(H,25,27)/b24-13-. The molecule has 0 bridgehead atoms. The lowest BCUT2D eigenvalue weighted by atomic mass is 10.1. The molecule has 140 valence electrons. The van der Waals surface area contributed by atoms with Crippen molar-refractivity contribution in [3.8, 4) is 0 Å². The molecule has 1 amide bonds. The highest BCUT2D eigenvalue weighted by Gasteiger charge is 2.13. The van der Waals surface area contributed by atoms with Crippen LogP contribution in [0.1, 0.15) is 26.5 Å². The van der Waals surface area contributed by atoms with Crippen molar-refractivity contribution in [1.82, 2.24) is 9.99 Å². The molecule has 0 unspecified atom stereocenters. The highest BCUT2D eigenvalue weighted by Crippen LogP contribution is 2.25. The van der Waals surface area contributed by atoms with Crippen LogP contribution in [-0.4, -0.2) is 16.7 Å². The van der Waals surface area contributed by atoms with E-state index in [9.17, 15) is 9.18 Å². The van der Waals surface area contributed by atoms with E-state index in [1.54, 1.807) is 24.4 Å². The van der Waals surface area contributed by atoms with E-state index in [1.807, 2.05) is 42.6 Å². The maximum atomic E-state index is 13.2.